The second-order valence-electron chi connectivity index (χ2n) is 4.23. The van der Waals surface area contributed by atoms with E-state index in [2.05, 4.69) is 15.9 Å². The molecule has 0 saturated carbocycles. The van der Waals surface area contributed by atoms with Crippen LogP contribution in [0.1, 0.15) is 17.3 Å². The highest BCUT2D eigenvalue weighted by atomic mass is 79.9. The molecule has 0 fully saturated rings. The third-order valence-electron chi connectivity index (χ3n) is 2.78. The van der Waals surface area contributed by atoms with Crippen LogP contribution in [0.4, 0.5) is 0 Å². The predicted molar refractivity (Wildman–Crippen MR) is 80.5 cm³/mol. The predicted octanol–water partition coefficient (Wildman–Crippen LogP) is 3.86. The summed E-state index contributed by atoms with van der Waals surface area (Å²) in [5.74, 6) is -0.685. The van der Waals surface area contributed by atoms with Gasteiger partial charge in [0.25, 0.3) is 0 Å². The first-order valence-electron chi connectivity index (χ1n) is 6.10. The van der Waals surface area contributed by atoms with Crippen molar-refractivity contribution in [1.29, 1.82) is 0 Å². The maximum absolute atomic E-state index is 12.2. The summed E-state index contributed by atoms with van der Waals surface area (Å²) < 4.78 is 5.62. The first kappa shape index (κ1) is 14.5. The summed E-state index contributed by atoms with van der Waals surface area (Å²) in [5, 5.41) is 0. The Bertz CT molecular complexity index is 635. The summed E-state index contributed by atoms with van der Waals surface area (Å²) in [6, 6.07) is 15.0. The smallest absolute Gasteiger partial charge is 0.303 e. The Morgan fingerprint density at radius 3 is 2.40 bits per heavy atom. The lowest BCUT2D eigenvalue weighted by molar-refractivity contribution is -0.139. The standard InChI is InChI=1S/C16H13BrO3/c1-11(18)20-10-15(19)13-8-5-9-14(17)16(13)12-6-3-2-4-7-12/h2-9H,10H2,1H3. The summed E-state index contributed by atoms with van der Waals surface area (Å²) >= 11 is 3.47. The molecule has 0 aliphatic rings. The van der Waals surface area contributed by atoms with E-state index in [0.717, 1.165) is 15.6 Å². The molecule has 0 saturated heterocycles. The number of benzene rings is 2. The van der Waals surface area contributed by atoms with Crippen LogP contribution in [-0.2, 0) is 9.53 Å². The molecular formula is C16H13BrO3. The summed E-state index contributed by atoms with van der Waals surface area (Å²) in [5.41, 5.74) is 2.28. The van der Waals surface area contributed by atoms with Crippen LogP contribution >= 0.6 is 15.9 Å². The number of esters is 1. The monoisotopic (exact) mass is 332 g/mol. The van der Waals surface area contributed by atoms with Crippen LogP contribution in [-0.4, -0.2) is 18.4 Å². The Morgan fingerprint density at radius 2 is 1.75 bits per heavy atom. The maximum atomic E-state index is 12.2. The average molecular weight is 333 g/mol. The Morgan fingerprint density at radius 1 is 1.05 bits per heavy atom. The minimum absolute atomic E-state index is 0.222. The van der Waals surface area contributed by atoms with E-state index in [9.17, 15) is 9.59 Å². The van der Waals surface area contributed by atoms with Gasteiger partial charge in [0.1, 0.15) is 0 Å². The van der Waals surface area contributed by atoms with E-state index >= 15 is 0 Å². The van der Waals surface area contributed by atoms with E-state index in [1.807, 2.05) is 36.4 Å². The fraction of sp³-hybridized carbons (Fsp3) is 0.125. The molecule has 0 radical (unpaired) electrons. The van der Waals surface area contributed by atoms with Gasteiger partial charge < -0.3 is 4.74 Å². The molecule has 20 heavy (non-hydrogen) atoms. The van der Waals surface area contributed by atoms with Crippen molar-refractivity contribution in [3.8, 4) is 11.1 Å². The highest BCUT2D eigenvalue weighted by Crippen LogP contribution is 2.31. The molecule has 0 amide bonds. The molecule has 3 nitrogen and oxygen atoms in total. The highest BCUT2D eigenvalue weighted by Gasteiger charge is 2.16. The molecule has 102 valence electrons. The second kappa shape index (κ2) is 6.48. The van der Waals surface area contributed by atoms with Gasteiger partial charge in [-0.25, -0.2) is 0 Å². The maximum Gasteiger partial charge on any atom is 0.303 e. The number of Topliss-reactive ketones (excluding diaryl/α,β-unsaturated/α-hetero) is 1. The highest BCUT2D eigenvalue weighted by molar-refractivity contribution is 9.10. The summed E-state index contributed by atoms with van der Waals surface area (Å²) in [6.07, 6.45) is 0. The summed E-state index contributed by atoms with van der Waals surface area (Å²) in [6.45, 7) is 1.04. The molecule has 0 heterocycles. The van der Waals surface area contributed by atoms with Crippen molar-refractivity contribution in [2.24, 2.45) is 0 Å². The fourth-order valence-electron chi connectivity index (χ4n) is 1.90. The lowest BCUT2D eigenvalue weighted by Crippen LogP contribution is -2.13. The summed E-state index contributed by atoms with van der Waals surface area (Å²) in [7, 11) is 0. The van der Waals surface area contributed by atoms with E-state index in [1.165, 1.54) is 6.92 Å². The summed E-state index contributed by atoms with van der Waals surface area (Å²) in [4.78, 5) is 23.0. The van der Waals surface area contributed by atoms with Crippen LogP contribution in [0.15, 0.2) is 53.0 Å². The van der Waals surface area contributed by atoms with Crippen molar-refractivity contribution in [3.05, 3.63) is 58.6 Å². The van der Waals surface area contributed by atoms with Gasteiger partial charge in [0.15, 0.2) is 6.61 Å². The van der Waals surface area contributed by atoms with E-state index in [-0.39, 0.29) is 12.4 Å². The Labute approximate surface area is 125 Å². The lowest BCUT2D eigenvalue weighted by atomic mass is 9.97. The number of ether oxygens (including phenoxy) is 1. The number of hydrogen-bond donors (Lipinski definition) is 0. The van der Waals surface area contributed by atoms with Gasteiger partial charge in [-0.1, -0.05) is 58.4 Å². The Hall–Kier alpha value is -1.94. The van der Waals surface area contributed by atoms with Crippen LogP contribution in [0.2, 0.25) is 0 Å². The molecule has 2 rings (SSSR count). The van der Waals surface area contributed by atoms with E-state index in [1.54, 1.807) is 12.1 Å². The van der Waals surface area contributed by atoms with Crippen molar-refractivity contribution in [2.75, 3.05) is 6.61 Å². The van der Waals surface area contributed by atoms with Gasteiger partial charge >= 0.3 is 5.97 Å². The minimum Gasteiger partial charge on any atom is -0.457 e. The lowest BCUT2D eigenvalue weighted by Gasteiger charge is -2.11. The van der Waals surface area contributed by atoms with Gasteiger partial charge in [0, 0.05) is 22.5 Å². The molecule has 0 aliphatic carbocycles. The molecule has 0 unspecified atom stereocenters. The van der Waals surface area contributed by atoms with Gasteiger partial charge in [0.05, 0.1) is 0 Å². The first-order chi connectivity index (χ1) is 9.59. The van der Waals surface area contributed by atoms with Gasteiger partial charge in [-0.3, -0.25) is 9.59 Å². The zero-order valence-corrected chi connectivity index (χ0v) is 12.5. The van der Waals surface area contributed by atoms with Gasteiger partial charge in [0.2, 0.25) is 5.78 Å². The van der Waals surface area contributed by atoms with Crippen LogP contribution in [0.25, 0.3) is 11.1 Å². The van der Waals surface area contributed by atoms with Crippen molar-refractivity contribution < 1.29 is 14.3 Å². The molecule has 2 aromatic carbocycles. The van der Waals surface area contributed by atoms with Crippen molar-refractivity contribution >= 4 is 27.7 Å². The number of hydrogen-bond acceptors (Lipinski definition) is 3. The van der Waals surface area contributed by atoms with Gasteiger partial charge in [-0.05, 0) is 11.6 Å². The molecule has 0 N–H and O–H groups in total. The van der Waals surface area contributed by atoms with E-state index in [4.69, 9.17) is 4.74 Å². The molecule has 0 aromatic heterocycles. The van der Waals surface area contributed by atoms with Gasteiger partial charge in [-0.2, -0.15) is 0 Å². The zero-order chi connectivity index (χ0) is 14.5. The fourth-order valence-corrected chi connectivity index (χ4v) is 2.49. The number of rotatable bonds is 4. The SMILES string of the molecule is CC(=O)OCC(=O)c1cccc(Br)c1-c1ccccc1. The second-order valence-corrected chi connectivity index (χ2v) is 5.09. The van der Waals surface area contributed by atoms with Gasteiger partial charge in [-0.15, -0.1) is 0 Å². The molecule has 0 bridgehead atoms. The first-order valence-corrected chi connectivity index (χ1v) is 6.89. The molecule has 0 aliphatic heterocycles. The number of halogens is 1. The van der Waals surface area contributed by atoms with Crippen LogP contribution in [0.5, 0.6) is 0 Å². The van der Waals surface area contributed by atoms with Crippen molar-refractivity contribution in [3.63, 3.8) is 0 Å². The molecule has 0 spiro atoms. The Balaban J connectivity index is 2.42. The van der Waals surface area contributed by atoms with E-state index < -0.39 is 5.97 Å². The van der Waals surface area contributed by atoms with Crippen LogP contribution in [0, 0.1) is 0 Å². The number of ketones is 1. The Kier molecular flexibility index (Phi) is 4.69. The number of carbonyl (C=O) groups excluding carboxylic acids is 2. The topological polar surface area (TPSA) is 43.4 Å². The third kappa shape index (κ3) is 3.33. The van der Waals surface area contributed by atoms with Crippen molar-refractivity contribution in [1.82, 2.24) is 0 Å². The molecule has 2 aromatic rings. The van der Waals surface area contributed by atoms with Crippen LogP contribution < -0.4 is 0 Å². The normalized spacial score (nSPS) is 10.1. The average Bonchev–Trinajstić information content (AvgIpc) is 2.45. The number of carbonyl (C=O) groups is 2. The minimum atomic E-state index is -0.463. The largest absolute Gasteiger partial charge is 0.457 e. The van der Waals surface area contributed by atoms with Crippen molar-refractivity contribution in [2.45, 2.75) is 6.92 Å². The molecular weight excluding hydrogens is 320 g/mol. The van der Waals surface area contributed by atoms with E-state index in [0.29, 0.717) is 5.56 Å². The quantitative estimate of drug-likeness (QED) is 0.630. The zero-order valence-electron chi connectivity index (χ0n) is 10.9. The molecule has 4 heteroatoms. The molecule has 0 atom stereocenters. The van der Waals surface area contributed by atoms with Crippen LogP contribution in [0.3, 0.4) is 0 Å². The third-order valence-corrected chi connectivity index (χ3v) is 3.44.